The molecule has 2 amide bonds. The number of unbranched alkanes of at least 4 members (excludes halogenated alkanes) is 1. The van der Waals surface area contributed by atoms with E-state index in [1.54, 1.807) is 0 Å². The SMILES string of the molecule is CCCCC1CN(CC2CCCCC2)C(=O)OC12CCN(C1CCN(C(=O)c3ccccc3N(C)C)CC1)CC2.O=C(O)C(F)(F)F. The van der Waals surface area contributed by atoms with Crippen LogP contribution in [0.3, 0.4) is 0 Å². The van der Waals surface area contributed by atoms with Gasteiger partial charge in [-0.15, -0.1) is 0 Å². The summed E-state index contributed by atoms with van der Waals surface area (Å²) in [4.78, 5) is 44.3. The second-order valence-electron chi connectivity index (χ2n) is 14.0. The van der Waals surface area contributed by atoms with Gasteiger partial charge in [0.1, 0.15) is 5.60 Å². The topological polar surface area (TPSA) is 93.6 Å². The van der Waals surface area contributed by atoms with Crippen LogP contribution in [0, 0.1) is 11.8 Å². The van der Waals surface area contributed by atoms with Crippen molar-refractivity contribution in [1.82, 2.24) is 14.7 Å². The Bertz CT molecular complexity index is 1190. The van der Waals surface area contributed by atoms with E-state index >= 15 is 0 Å². The fraction of sp³-hybridized carbons (Fsp3) is 0.743. The van der Waals surface area contributed by atoms with E-state index in [0.29, 0.717) is 17.9 Å². The van der Waals surface area contributed by atoms with E-state index in [2.05, 4.69) is 16.7 Å². The highest BCUT2D eigenvalue weighted by Gasteiger charge is 2.50. The van der Waals surface area contributed by atoms with E-state index < -0.39 is 12.1 Å². The van der Waals surface area contributed by atoms with Gasteiger partial charge in [0.05, 0.1) is 5.56 Å². The first-order valence-corrected chi connectivity index (χ1v) is 17.4. The standard InChI is InChI=1S/C33H52N4O3.C2HF3O2/c1-4-5-13-27-25-37(24-26-11-7-6-8-12-26)32(39)40-33(27)18-22-35(23-19-33)28-16-20-36(21-17-28)31(38)29-14-9-10-15-30(29)34(2)3;3-2(4,5)1(6)7/h9-10,14-15,26-28H,4-8,11-13,16-25H2,1-3H3;(H,6,7). The van der Waals surface area contributed by atoms with Crippen molar-refractivity contribution in [3.05, 3.63) is 29.8 Å². The lowest BCUT2D eigenvalue weighted by atomic mass is 9.75. The number of benzene rings is 1. The number of hydrogen-bond acceptors (Lipinski definition) is 6. The van der Waals surface area contributed by atoms with E-state index in [1.807, 2.05) is 48.2 Å². The predicted octanol–water partition coefficient (Wildman–Crippen LogP) is 6.66. The van der Waals surface area contributed by atoms with E-state index in [0.717, 1.165) is 82.6 Å². The Morgan fingerprint density at radius 2 is 1.62 bits per heavy atom. The fourth-order valence-electron chi connectivity index (χ4n) is 7.89. The summed E-state index contributed by atoms with van der Waals surface area (Å²) < 4.78 is 38.2. The van der Waals surface area contributed by atoms with Crippen molar-refractivity contribution in [2.45, 2.75) is 102 Å². The van der Waals surface area contributed by atoms with E-state index in [4.69, 9.17) is 14.6 Å². The summed E-state index contributed by atoms with van der Waals surface area (Å²) in [6.45, 7) is 7.61. The summed E-state index contributed by atoms with van der Waals surface area (Å²) in [6.07, 6.45) is 8.79. The molecule has 1 N–H and O–H groups in total. The van der Waals surface area contributed by atoms with Crippen molar-refractivity contribution in [1.29, 1.82) is 0 Å². The number of alkyl halides is 3. The molecule has 3 heterocycles. The summed E-state index contributed by atoms with van der Waals surface area (Å²) in [6, 6.07) is 8.42. The Balaban J connectivity index is 0.000000644. The molecule has 12 heteroatoms. The van der Waals surface area contributed by atoms with Gasteiger partial charge in [-0.1, -0.05) is 51.2 Å². The third-order valence-electron chi connectivity index (χ3n) is 10.6. The van der Waals surface area contributed by atoms with Crippen molar-refractivity contribution >= 4 is 23.7 Å². The van der Waals surface area contributed by atoms with Gasteiger partial charge in [0.2, 0.25) is 0 Å². The second-order valence-corrected chi connectivity index (χ2v) is 14.0. The molecule has 1 spiro atoms. The van der Waals surface area contributed by atoms with Gasteiger partial charge in [-0.3, -0.25) is 9.69 Å². The number of carbonyl (C=O) groups is 3. The Kier molecular flexibility index (Phi) is 12.8. The molecule has 5 rings (SSSR count). The molecular weight excluding hydrogens is 613 g/mol. The number of ether oxygens (including phenoxy) is 1. The maximum atomic E-state index is 13.3. The normalized spacial score (nSPS) is 22.8. The number of likely N-dealkylation sites (tertiary alicyclic amines) is 2. The van der Waals surface area contributed by atoms with Crippen molar-refractivity contribution in [2.24, 2.45) is 11.8 Å². The molecule has 264 valence electrons. The number of amides is 2. The van der Waals surface area contributed by atoms with Crippen LogP contribution < -0.4 is 4.90 Å². The Labute approximate surface area is 277 Å². The number of anilines is 1. The Morgan fingerprint density at radius 3 is 2.19 bits per heavy atom. The summed E-state index contributed by atoms with van der Waals surface area (Å²) in [5.41, 5.74) is 1.48. The third kappa shape index (κ3) is 9.54. The maximum absolute atomic E-state index is 13.3. The molecule has 47 heavy (non-hydrogen) atoms. The highest BCUT2D eigenvalue weighted by Crippen LogP contribution is 2.42. The molecule has 0 bridgehead atoms. The number of nitrogens with zero attached hydrogens (tertiary/aromatic N) is 4. The van der Waals surface area contributed by atoms with Gasteiger partial charge >= 0.3 is 18.2 Å². The molecule has 1 aromatic rings. The van der Waals surface area contributed by atoms with E-state index in [1.165, 1.54) is 44.9 Å². The molecule has 1 atom stereocenters. The van der Waals surface area contributed by atoms with Crippen molar-refractivity contribution < 1.29 is 37.4 Å². The molecule has 1 unspecified atom stereocenters. The van der Waals surface area contributed by atoms with Crippen LogP contribution in [-0.4, -0.2) is 109 Å². The summed E-state index contributed by atoms with van der Waals surface area (Å²) in [5.74, 6) is -1.52. The smallest absolute Gasteiger partial charge is 0.475 e. The van der Waals surface area contributed by atoms with Gasteiger partial charge in [0.15, 0.2) is 0 Å². The average molecular weight is 667 g/mol. The molecule has 4 fully saturated rings. The third-order valence-corrected chi connectivity index (χ3v) is 10.6. The van der Waals surface area contributed by atoms with Crippen LogP contribution in [0.25, 0.3) is 0 Å². The fourth-order valence-corrected chi connectivity index (χ4v) is 7.89. The zero-order chi connectivity index (χ0) is 34.2. The zero-order valence-corrected chi connectivity index (χ0v) is 28.3. The Hall–Kier alpha value is -3.02. The first kappa shape index (κ1) is 36.8. The zero-order valence-electron chi connectivity index (χ0n) is 28.3. The average Bonchev–Trinajstić information content (AvgIpc) is 3.06. The van der Waals surface area contributed by atoms with Crippen LogP contribution in [0.1, 0.15) is 94.3 Å². The van der Waals surface area contributed by atoms with Crippen molar-refractivity contribution in [3.63, 3.8) is 0 Å². The molecule has 1 saturated carbocycles. The quantitative estimate of drug-likeness (QED) is 0.332. The number of halogens is 3. The molecule has 0 aromatic heterocycles. The van der Waals surface area contributed by atoms with E-state index in [9.17, 15) is 22.8 Å². The first-order valence-electron chi connectivity index (χ1n) is 17.4. The van der Waals surface area contributed by atoms with Crippen LogP contribution >= 0.6 is 0 Å². The highest BCUT2D eigenvalue weighted by atomic mass is 19.4. The minimum Gasteiger partial charge on any atom is -0.475 e. The van der Waals surface area contributed by atoms with E-state index in [-0.39, 0.29) is 17.6 Å². The van der Waals surface area contributed by atoms with Gasteiger partial charge in [0.25, 0.3) is 5.91 Å². The summed E-state index contributed by atoms with van der Waals surface area (Å²) in [7, 11) is 3.98. The van der Waals surface area contributed by atoms with Crippen LogP contribution in [0.2, 0.25) is 0 Å². The van der Waals surface area contributed by atoms with Crippen molar-refractivity contribution in [3.8, 4) is 0 Å². The molecule has 3 saturated heterocycles. The van der Waals surface area contributed by atoms with Crippen LogP contribution in [0.4, 0.5) is 23.7 Å². The predicted molar refractivity (Wildman–Crippen MR) is 175 cm³/mol. The van der Waals surface area contributed by atoms with Crippen LogP contribution in [0.5, 0.6) is 0 Å². The molecular formula is C35H53F3N4O5. The number of hydrogen-bond donors (Lipinski definition) is 1. The molecule has 1 aromatic carbocycles. The molecule has 0 radical (unpaired) electrons. The van der Waals surface area contributed by atoms with Crippen molar-refractivity contribution in [2.75, 3.05) is 58.3 Å². The summed E-state index contributed by atoms with van der Waals surface area (Å²) >= 11 is 0. The number of piperidine rings is 2. The number of rotatable bonds is 8. The number of carboxylic acid groups (broad SMARTS) is 1. The highest BCUT2D eigenvalue weighted by molar-refractivity contribution is 5.99. The number of para-hydroxylation sites is 1. The first-order chi connectivity index (χ1) is 22.3. The molecule has 4 aliphatic rings. The Morgan fingerprint density at radius 1 is 1.00 bits per heavy atom. The van der Waals surface area contributed by atoms with Crippen LogP contribution in [0.15, 0.2) is 24.3 Å². The lowest BCUT2D eigenvalue weighted by Gasteiger charge is -2.52. The van der Waals surface area contributed by atoms with Gasteiger partial charge in [0, 0.05) is 83.9 Å². The second kappa shape index (κ2) is 16.4. The van der Waals surface area contributed by atoms with Gasteiger partial charge in [-0.05, 0) is 50.2 Å². The minimum absolute atomic E-state index is 0.0587. The number of carboxylic acids is 1. The van der Waals surface area contributed by atoms with Crippen LogP contribution in [-0.2, 0) is 9.53 Å². The molecule has 1 aliphatic carbocycles. The monoisotopic (exact) mass is 666 g/mol. The number of aliphatic carboxylic acids is 1. The lowest BCUT2D eigenvalue weighted by molar-refractivity contribution is -0.192. The minimum atomic E-state index is -5.08. The van der Waals surface area contributed by atoms with Gasteiger partial charge in [-0.25, -0.2) is 9.59 Å². The largest absolute Gasteiger partial charge is 0.490 e. The molecule has 9 nitrogen and oxygen atoms in total. The maximum Gasteiger partial charge on any atom is 0.490 e. The summed E-state index contributed by atoms with van der Waals surface area (Å²) in [5, 5.41) is 7.12. The van der Waals surface area contributed by atoms with Gasteiger partial charge in [-0.2, -0.15) is 13.2 Å². The molecule has 3 aliphatic heterocycles. The van der Waals surface area contributed by atoms with Gasteiger partial charge < -0.3 is 24.5 Å². The number of carbonyl (C=O) groups excluding carboxylic acids is 2. The lowest BCUT2D eigenvalue weighted by Crippen LogP contribution is -2.61.